The predicted molar refractivity (Wildman–Crippen MR) is 62.9 cm³/mol. The summed E-state index contributed by atoms with van der Waals surface area (Å²) in [6.45, 7) is 8.40. The molecule has 0 atom stereocenters. The van der Waals surface area contributed by atoms with Gasteiger partial charge >= 0.3 is 17.1 Å². The average molecular weight is 261 g/mol. The molecule has 0 aliphatic heterocycles. The summed E-state index contributed by atoms with van der Waals surface area (Å²) in [6.07, 6.45) is 0. The number of hydrogen-bond acceptors (Lipinski definition) is 0. The zero-order valence-electron chi connectivity index (χ0n) is 10.5. The van der Waals surface area contributed by atoms with Crippen LogP contribution in [0.25, 0.3) is 0 Å². The largest absolute Gasteiger partial charge is 2.00 e. The molecule has 0 amide bonds. The van der Waals surface area contributed by atoms with Gasteiger partial charge < -0.3 is 59.7 Å². The number of rotatable bonds is 2. The van der Waals surface area contributed by atoms with Crippen LogP contribution in [-0.4, -0.2) is 0 Å². The third-order valence-electron chi connectivity index (χ3n) is 2.07. The van der Waals surface area contributed by atoms with Crippen molar-refractivity contribution in [3.63, 3.8) is 0 Å². The van der Waals surface area contributed by atoms with Crippen LogP contribution in [0.5, 0.6) is 0 Å². The van der Waals surface area contributed by atoms with Gasteiger partial charge in [-0.2, -0.15) is 0 Å². The maximum atomic E-state index is 2.90. The summed E-state index contributed by atoms with van der Waals surface area (Å²) >= 11 is 0. The third kappa shape index (κ3) is 5.91. The molecule has 0 aromatic heterocycles. The minimum Gasteiger partial charge on any atom is -0.998 e. The summed E-state index contributed by atoms with van der Waals surface area (Å²) in [7, 11) is 0. The first-order valence-corrected chi connectivity index (χ1v) is 5.39. The summed E-state index contributed by atoms with van der Waals surface area (Å²) in [5, 5.41) is 0. The normalized spacial score (nSPS) is 9.76. The maximum absolute atomic E-state index is 2.90. The van der Waals surface area contributed by atoms with Crippen molar-refractivity contribution in [2.45, 2.75) is 39.5 Å². The van der Waals surface area contributed by atoms with Crippen molar-refractivity contribution in [1.29, 1.82) is 0 Å². The second-order valence-electron chi connectivity index (χ2n) is 4.14. The van der Waals surface area contributed by atoms with Gasteiger partial charge in [0.15, 0.2) is 0 Å². The molecule has 2 aromatic rings. The molecule has 0 unspecified atom stereocenters. The molecule has 2 rings (SSSR count). The Morgan fingerprint density at radius 2 is 0.824 bits per heavy atom. The zero-order chi connectivity index (χ0) is 12.0. The molecule has 0 heterocycles. The molecular weight excluding hydrogens is 247 g/mol. The first-order valence-electron chi connectivity index (χ1n) is 5.39. The molecule has 0 aliphatic rings. The molecule has 0 spiro atoms. The molecular formula is C16H14Mn-8. The van der Waals surface area contributed by atoms with E-state index in [-0.39, 0.29) is 17.1 Å². The quantitative estimate of drug-likeness (QED) is 0.573. The van der Waals surface area contributed by atoms with E-state index in [1.165, 1.54) is 0 Å². The van der Waals surface area contributed by atoms with Gasteiger partial charge in [-0.1, -0.05) is 27.7 Å². The second-order valence-corrected chi connectivity index (χ2v) is 4.14. The van der Waals surface area contributed by atoms with E-state index in [0.717, 1.165) is 11.1 Å². The molecule has 0 aliphatic carbocycles. The minimum atomic E-state index is 0. The van der Waals surface area contributed by atoms with Gasteiger partial charge in [0.25, 0.3) is 0 Å². The van der Waals surface area contributed by atoms with Crippen molar-refractivity contribution in [3.8, 4) is 0 Å². The van der Waals surface area contributed by atoms with Crippen molar-refractivity contribution in [3.05, 3.63) is 59.7 Å². The van der Waals surface area contributed by atoms with E-state index in [1.54, 1.807) is 0 Å². The van der Waals surface area contributed by atoms with Gasteiger partial charge in [-0.3, -0.25) is 0 Å². The van der Waals surface area contributed by atoms with Crippen LogP contribution in [0.15, 0.2) is 0 Å². The smallest absolute Gasteiger partial charge is 0.998 e. The van der Waals surface area contributed by atoms with Crippen molar-refractivity contribution >= 4 is 0 Å². The topological polar surface area (TPSA) is 0 Å². The molecule has 0 fully saturated rings. The van der Waals surface area contributed by atoms with E-state index >= 15 is 0 Å². The van der Waals surface area contributed by atoms with Gasteiger partial charge in [-0.05, 0) is 0 Å². The van der Waals surface area contributed by atoms with Crippen LogP contribution in [0.2, 0.25) is 0 Å². The van der Waals surface area contributed by atoms with Crippen LogP contribution >= 0.6 is 0 Å². The van der Waals surface area contributed by atoms with E-state index in [2.05, 4.69) is 76.2 Å². The van der Waals surface area contributed by atoms with E-state index < -0.39 is 0 Å². The predicted octanol–water partition coefficient (Wildman–Crippen LogP) is 3.46. The average Bonchev–Trinajstić information content (AvgIpc) is 2.93. The van der Waals surface area contributed by atoms with E-state index in [0.29, 0.717) is 11.8 Å². The molecule has 0 saturated heterocycles. The van der Waals surface area contributed by atoms with Crippen LogP contribution in [0.1, 0.15) is 50.7 Å². The van der Waals surface area contributed by atoms with Crippen molar-refractivity contribution in [2.75, 3.05) is 0 Å². The fraction of sp³-hybridized carbons (Fsp3) is 0.375. The Bertz CT molecular complexity index is 314. The van der Waals surface area contributed by atoms with Gasteiger partial charge in [0, 0.05) is 0 Å². The Hall–Kier alpha value is -0.781. The monoisotopic (exact) mass is 261 g/mol. The third-order valence-corrected chi connectivity index (χ3v) is 2.07. The molecule has 0 N–H and O–H groups in total. The second kappa shape index (κ2) is 8.33. The Balaban J connectivity index is 0.000000284. The van der Waals surface area contributed by atoms with E-state index in [4.69, 9.17) is 0 Å². The van der Waals surface area contributed by atoms with Crippen molar-refractivity contribution in [1.82, 2.24) is 0 Å². The molecule has 0 saturated carbocycles. The van der Waals surface area contributed by atoms with Crippen LogP contribution in [0.3, 0.4) is 0 Å². The summed E-state index contributed by atoms with van der Waals surface area (Å²) in [4.78, 5) is 0. The Labute approximate surface area is 116 Å². The van der Waals surface area contributed by atoms with Crippen LogP contribution in [0.4, 0.5) is 0 Å². The van der Waals surface area contributed by atoms with E-state index in [1.807, 2.05) is 0 Å². The molecule has 0 bridgehead atoms. The van der Waals surface area contributed by atoms with Crippen molar-refractivity contribution in [2.24, 2.45) is 0 Å². The Morgan fingerprint density at radius 3 is 0.941 bits per heavy atom. The van der Waals surface area contributed by atoms with Gasteiger partial charge in [-0.15, -0.1) is 0 Å². The Morgan fingerprint density at radius 1 is 0.588 bits per heavy atom. The SMILES string of the molecule is CC(C)[c-]1[c-][c-][c-][c-]1.CC(C)[c-]1[c-][c-][c-][c-]1.[Mn+2]. The van der Waals surface area contributed by atoms with Gasteiger partial charge in [0.2, 0.25) is 0 Å². The molecule has 17 heavy (non-hydrogen) atoms. The summed E-state index contributed by atoms with van der Waals surface area (Å²) in [5.74, 6) is 1.02. The molecule has 93 valence electrons. The summed E-state index contributed by atoms with van der Waals surface area (Å²) in [5.41, 5.74) is 2.15. The van der Waals surface area contributed by atoms with Crippen LogP contribution in [0, 0.1) is 48.5 Å². The molecule has 2 aromatic carbocycles. The van der Waals surface area contributed by atoms with E-state index in [9.17, 15) is 0 Å². The molecule has 1 radical (unpaired) electrons. The minimum absolute atomic E-state index is 0. The first-order chi connectivity index (χ1) is 7.61. The summed E-state index contributed by atoms with van der Waals surface area (Å²) in [6, 6.07) is 22.4. The van der Waals surface area contributed by atoms with Gasteiger partial charge in [0.1, 0.15) is 0 Å². The Kier molecular flexibility index (Phi) is 7.95. The zero-order valence-corrected chi connectivity index (χ0v) is 11.7. The molecule has 0 nitrogen and oxygen atoms in total. The number of hydrogen-bond donors (Lipinski definition) is 0. The van der Waals surface area contributed by atoms with Crippen LogP contribution in [-0.2, 0) is 17.1 Å². The standard InChI is InChI=1S/2C8H7.Mn/c2*1-7(2)8-5-3-4-6-8;/h2*7H,1-2H3;/q2*-5;+2. The summed E-state index contributed by atoms with van der Waals surface area (Å²) < 4.78 is 0. The molecule has 1 heteroatoms. The van der Waals surface area contributed by atoms with Crippen molar-refractivity contribution < 1.29 is 17.1 Å². The van der Waals surface area contributed by atoms with Gasteiger partial charge in [0.05, 0.1) is 0 Å². The van der Waals surface area contributed by atoms with Crippen LogP contribution < -0.4 is 0 Å². The fourth-order valence-electron chi connectivity index (χ4n) is 1.03. The maximum Gasteiger partial charge on any atom is 2.00 e. The van der Waals surface area contributed by atoms with Gasteiger partial charge in [-0.25, -0.2) is 11.8 Å². The first kappa shape index (κ1) is 16.2. The fourth-order valence-corrected chi connectivity index (χ4v) is 1.03.